The Hall–Kier alpha value is -1.90. The van der Waals surface area contributed by atoms with Gasteiger partial charge in [0.25, 0.3) is 0 Å². The highest BCUT2D eigenvalue weighted by Gasteiger charge is 2.36. The number of carbonyl (C=O) groups excluding carboxylic acids is 1. The summed E-state index contributed by atoms with van der Waals surface area (Å²) in [7, 11) is 0. The van der Waals surface area contributed by atoms with E-state index in [0.29, 0.717) is 28.8 Å². The topological polar surface area (TPSA) is 85.9 Å². The molecule has 2 atom stereocenters. The molecule has 0 bridgehead atoms. The number of piperidine rings is 1. The zero-order valence-electron chi connectivity index (χ0n) is 15.5. The third kappa shape index (κ3) is 4.34. The van der Waals surface area contributed by atoms with Crippen LogP contribution in [0.5, 0.6) is 0 Å². The van der Waals surface area contributed by atoms with Crippen molar-refractivity contribution in [1.82, 2.24) is 30.9 Å². The number of hydrogen-bond donors (Lipinski definition) is 3. The van der Waals surface area contributed by atoms with E-state index in [-0.39, 0.29) is 5.91 Å². The summed E-state index contributed by atoms with van der Waals surface area (Å²) in [5.74, 6) is 2.42. The van der Waals surface area contributed by atoms with E-state index in [0.717, 1.165) is 38.3 Å². The predicted molar refractivity (Wildman–Crippen MR) is 105 cm³/mol. The molecular formula is C19H26N6OS. The van der Waals surface area contributed by atoms with Crippen LogP contribution in [0, 0.1) is 12.8 Å². The van der Waals surface area contributed by atoms with Gasteiger partial charge in [0, 0.05) is 31.6 Å². The lowest BCUT2D eigenvalue weighted by atomic mass is 9.80. The number of hydrogen-bond acceptors (Lipinski definition) is 6. The van der Waals surface area contributed by atoms with Gasteiger partial charge >= 0.3 is 0 Å². The maximum Gasteiger partial charge on any atom is 0.233 e. The number of hydrazine groups is 1. The Bertz CT molecular complexity index is 759. The zero-order valence-corrected chi connectivity index (χ0v) is 16.3. The number of likely N-dealkylation sites (tertiary alicyclic amines) is 1. The normalized spacial score (nSPS) is 23.7. The molecule has 2 fully saturated rings. The molecule has 0 saturated carbocycles. The summed E-state index contributed by atoms with van der Waals surface area (Å²) in [5.41, 5.74) is 8.22. The Kier molecular flexibility index (Phi) is 5.75. The fourth-order valence-electron chi connectivity index (χ4n) is 4.10. The minimum absolute atomic E-state index is 0.179. The number of amides is 1. The second kappa shape index (κ2) is 8.41. The molecule has 27 heavy (non-hydrogen) atoms. The van der Waals surface area contributed by atoms with Crippen molar-refractivity contribution in [3.63, 3.8) is 0 Å². The fourth-order valence-corrected chi connectivity index (χ4v) is 4.85. The maximum absolute atomic E-state index is 12.5. The second-order valence-corrected chi connectivity index (χ2v) is 8.22. The minimum atomic E-state index is 0.179. The molecule has 2 unspecified atom stereocenters. The third-order valence-electron chi connectivity index (χ3n) is 5.55. The Morgan fingerprint density at radius 3 is 2.74 bits per heavy atom. The van der Waals surface area contributed by atoms with E-state index in [2.05, 4.69) is 56.4 Å². The van der Waals surface area contributed by atoms with Crippen molar-refractivity contribution < 1.29 is 4.79 Å². The van der Waals surface area contributed by atoms with Gasteiger partial charge in [-0.2, -0.15) is 0 Å². The molecule has 2 saturated heterocycles. The van der Waals surface area contributed by atoms with Crippen LogP contribution in [0.1, 0.15) is 30.1 Å². The Balaban J connectivity index is 1.28. The summed E-state index contributed by atoms with van der Waals surface area (Å²) >= 11 is 1.40. The van der Waals surface area contributed by atoms with Crippen molar-refractivity contribution >= 4 is 17.7 Å². The molecule has 3 N–H and O–H groups in total. The van der Waals surface area contributed by atoms with Gasteiger partial charge in [0.15, 0.2) is 0 Å². The molecule has 2 aliphatic rings. The molecule has 0 spiro atoms. The molecule has 0 radical (unpaired) electrons. The lowest BCUT2D eigenvalue weighted by molar-refractivity contribution is -0.129. The van der Waals surface area contributed by atoms with Crippen LogP contribution in [0.2, 0.25) is 0 Å². The SMILES string of the molecule is Cc1nc(SCC(=O)N2CCC(C3NNCC3c3ccccc3)CC2)n[nH]1. The summed E-state index contributed by atoms with van der Waals surface area (Å²) in [6.45, 7) is 4.48. The van der Waals surface area contributed by atoms with Crippen LogP contribution in [-0.4, -0.2) is 57.4 Å². The van der Waals surface area contributed by atoms with Gasteiger partial charge in [-0.1, -0.05) is 42.1 Å². The van der Waals surface area contributed by atoms with Crippen molar-refractivity contribution in [2.45, 2.75) is 36.9 Å². The fraction of sp³-hybridized carbons (Fsp3) is 0.526. The summed E-state index contributed by atoms with van der Waals surface area (Å²) < 4.78 is 0. The Labute approximate surface area is 163 Å². The molecule has 2 aliphatic heterocycles. The number of aryl methyl sites for hydroxylation is 1. The van der Waals surface area contributed by atoms with E-state index < -0.39 is 0 Å². The highest BCUT2D eigenvalue weighted by molar-refractivity contribution is 7.99. The highest BCUT2D eigenvalue weighted by atomic mass is 32.2. The number of benzene rings is 1. The molecule has 1 amide bonds. The smallest absolute Gasteiger partial charge is 0.233 e. The molecule has 3 heterocycles. The number of H-pyrrole nitrogens is 1. The quantitative estimate of drug-likeness (QED) is 0.678. The first-order chi connectivity index (χ1) is 13.2. The van der Waals surface area contributed by atoms with Gasteiger partial charge in [-0.3, -0.25) is 20.7 Å². The molecule has 144 valence electrons. The lowest BCUT2D eigenvalue weighted by Crippen LogP contribution is -2.46. The Morgan fingerprint density at radius 2 is 2.04 bits per heavy atom. The van der Waals surface area contributed by atoms with Gasteiger partial charge in [-0.25, -0.2) is 4.98 Å². The zero-order chi connectivity index (χ0) is 18.6. The van der Waals surface area contributed by atoms with E-state index in [1.165, 1.54) is 17.3 Å². The number of aromatic amines is 1. The molecule has 1 aromatic carbocycles. The predicted octanol–water partition coefficient (Wildman–Crippen LogP) is 1.70. The number of nitrogens with zero attached hydrogens (tertiary/aromatic N) is 3. The van der Waals surface area contributed by atoms with Gasteiger partial charge in [0.1, 0.15) is 5.82 Å². The van der Waals surface area contributed by atoms with Gasteiger partial charge in [0.2, 0.25) is 11.1 Å². The molecule has 4 rings (SSSR count). The molecule has 1 aromatic heterocycles. The summed E-state index contributed by atoms with van der Waals surface area (Å²) in [4.78, 5) is 18.7. The van der Waals surface area contributed by atoms with Gasteiger partial charge in [-0.05, 0) is 31.2 Å². The van der Waals surface area contributed by atoms with Gasteiger partial charge < -0.3 is 4.90 Å². The van der Waals surface area contributed by atoms with Crippen molar-refractivity contribution in [1.29, 1.82) is 0 Å². The summed E-state index contributed by atoms with van der Waals surface area (Å²) in [6, 6.07) is 11.1. The first-order valence-electron chi connectivity index (χ1n) is 9.53. The van der Waals surface area contributed by atoms with E-state index in [9.17, 15) is 4.79 Å². The van der Waals surface area contributed by atoms with Crippen LogP contribution in [0.15, 0.2) is 35.5 Å². The van der Waals surface area contributed by atoms with Crippen molar-refractivity contribution in [3.8, 4) is 0 Å². The largest absolute Gasteiger partial charge is 0.342 e. The monoisotopic (exact) mass is 386 g/mol. The molecular weight excluding hydrogens is 360 g/mol. The van der Waals surface area contributed by atoms with E-state index >= 15 is 0 Å². The molecule has 0 aliphatic carbocycles. The van der Waals surface area contributed by atoms with E-state index in [4.69, 9.17) is 0 Å². The number of nitrogens with one attached hydrogen (secondary N) is 3. The van der Waals surface area contributed by atoms with Crippen LogP contribution in [-0.2, 0) is 4.79 Å². The van der Waals surface area contributed by atoms with Gasteiger partial charge in [0.05, 0.1) is 5.75 Å². The number of thioether (sulfide) groups is 1. The van der Waals surface area contributed by atoms with Crippen LogP contribution in [0.4, 0.5) is 0 Å². The van der Waals surface area contributed by atoms with Crippen LogP contribution >= 0.6 is 11.8 Å². The number of rotatable bonds is 5. The minimum Gasteiger partial charge on any atom is -0.342 e. The Morgan fingerprint density at radius 1 is 1.26 bits per heavy atom. The first-order valence-corrected chi connectivity index (χ1v) is 10.5. The van der Waals surface area contributed by atoms with E-state index in [1.807, 2.05) is 11.8 Å². The summed E-state index contributed by atoms with van der Waals surface area (Å²) in [6.07, 6.45) is 2.08. The standard InChI is InChI=1S/C19H26N6OS/c1-13-21-19(24-22-13)27-12-17(26)25-9-7-15(8-10-25)18-16(11-20-23-18)14-5-3-2-4-6-14/h2-6,15-16,18,20,23H,7-12H2,1H3,(H,21,22,24). The lowest BCUT2D eigenvalue weighted by Gasteiger charge is -2.36. The third-order valence-corrected chi connectivity index (χ3v) is 6.39. The second-order valence-electron chi connectivity index (χ2n) is 7.28. The average Bonchev–Trinajstić information content (AvgIpc) is 3.36. The van der Waals surface area contributed by atoms with E-state index in [1.54, 1.807) is 0 Å². The van der Waals surface area contributed by atoms with Crippen LogP contribution in [0.3, 0.4) is 0 Å². The maximum atomic E-state index is 12.5. The van der Waals surface area contributed by atoms with Gasteiger partial charge in [-0.15, -0.1) is 5.10 Å². The van der Waals surface area contributed by atoms with Crippen molar-refractivity contribution in [3.05, 3.63) is 41.7 Å². The molecule has 2 aromatic rings. The number of aromatic nitrogens is 3. The highest BCUT2D eigenvalue weighted by Crippen LogP contribution is 2.32. The summed E-state index contributed by atoms with van der Waals surface area (Å²) in [5, 5.41) is 7.52. The number of carbonyl (C=O) groups is 1. The first kappa shape index (κ1) is 18.5. The van der Waals surface area contributed by atoms with Crippen LogP contribution < -0.4 is 10.9 Å². The van der Waals surface area contributed by atoms with Crippen LogP contribution in [0.25, 0.3) is 0 Å². The van der Waals surface area contributed by atoms with Crippen molar-refractivity contribution in [2.24, 2.45) is 5.92 Å². The molecule has 7 nitrogen and oxygen atoms in total. The van der Waals surface area contributed by atoms with Crippen molar-refractivity contribution in [2.75, 3.05) is 25.4 Å². The molecule has 8 heteroatoms. The average molecular weight is 387 g/mol.